The number of carbonyl (C=O) groups excluding carboxylic acids is 6. The molecule has 0 aliphatic rings. The maximum Gasteiger partial charge on any atom is 0.549 e. The van der Waals surface area contributed by atoms with E-state index in [0.717, 1.165) is 0 Å². The van der Waals surface area contributed by atoms with E-state index in [2.05, 4.69) is 29.3 Å². The first-order valence-corrected chi connectivity index (χ1v) is 14.8. The third kappa shape index (κ3) is 11.6. The Labute approximate surface area is 280 Å². The van der Waals surface area contributed by atoms with Gasteiger partial charge in [0.2, 0.25) is 0 Å². The number of aryl methyl sites for hydroxylation is 3. The summed E-state index contributed by atoms with van der Waals surface area (Å²) in [5.74, 6) is -2.90. The van der Waals surface area contributed by atoms with E-state index in [0.29, 0.717) is 23.1 Å². The third-order valence-corrected chi connectivity index (χ3v) is 6.92. The van der Waals surface area contributed by atoms with Crippen molar-refractivity contribution in [2.24, 2.45) is 5.41 Å². The molecule has 0 aliphatic heterocycles. The van der Waals surface area contributed by atoms with Gasteiger partial charge in [-0.05, 0) is 62.1 Å². The van der Waals surface area contributed by atoms with Crippen molar-refractivity contribution < 1.29 is 72.3 Å². The monoisotopic (exact) mass is 682 g/mol. The lowest BCUT2D eigenvalue weighted by molar-refractivity contribution is -0.217. The zero-order chi connectivity index (χ0) is 35.8. The Balaban J connectivity index is 1.64. The van der Waals surface area contributed by atoms with Crippen molar-refractivity contribution >= 4 is 36.4 Å². The maximum atomic E-state index is 12.4. The summed E-state index contributed by atoms with van der Waals surface area (Å²) >= 11 is 0. The first-order valence-electron chi connectivity index (χ1n) is 14.8. The molecule has 15 nitrogen and oxygen atoms in total. The minimum Gasteiger partial charge on any atom is -0.431 e. The largest absolute Gasteiger partial charge is 0.549 e. The van der Waals surface area contributed by atoms with Crippen molar-refractivity contribution in [1.82, 2.24) is 0 Å². The van der Waals surface area contributed by atoms with E-state index in [-0.39, 0.29) is 23.1 Å². The Morgan fingerprint density at radius 1 is 0.469 bits per heavy atom. The molecule has 260 valence electrons. The highest BCUT2D eigenvalue weighted by Gasteiger charge is 2.37. The van der Waals surface area contributed by atoms with Crippen LogP contribution in [0.4, 0.5) is 14.4 Å². The number of benzene rings is 3. The second-order valence-electron chi connectivity index (χ2n) is 10.7. The van der Waals surface area contributed by atoms with E-state index in [4.69, 9.17) is 14.2 Å². The first-order chi connectivity index (χ1) is 23.4. The second kappa shape index (κ2) is 18.3. The smallest absolute Gasteiger partial charge is 0.431 e. The van der Waals surface area contributed by atoms with Crippen LogP contribution in [-0.2, 0) is 43.5 Å². The van der Waals surface area contributed by atoms with E-state index >= 15 is 0 Å². The van der Waals surface area contributed by atoms with Gasteiger partial charge in [-0.3, -0.25) is 0 Å². The van der Waals surface area contributed by atoms with Crippen LogP contribution < -0.4 is 0 Å². The molecule has 3 rings (SSSR count). The van der Waals surface area contributed by atoms with Gasteiger partial charge in [-0.15, -0.1) is 0 Å². The molecule has 0 heterocycles. The highest BCUT2D eigenvalue weighted by Crippen LogP contribution is 2.27. The van der Waals surface area contributed by atoms with Crippen LogP contribution in [0.25, 0.3) is 0 Å². The first kappa shape index (κ1) is 37.3. The molecular weight excluding hydrogens is 648 g/mol. The van der Waals surface area contributed by atoms with Crippen LogP contribution in [0.2, 0.25) is 0 Å². The van der Waals surface area contributed by atoms with Crippen molar-refractivity contribution in [3.05, 3.63) is 106 Å². The molecule has 0 spiro atoms. The fourth-order valence-corrected chi connectivity index (χ4v) is 4.34. The van der Waals surface area contributed by atoms with Crippen LogP contribution in [0.15, 0.2) is 72.8 Å². The summed E-state index contributed by atoms with van der Waals surface area (Å²) in [7, 11) is 0. The Morgan fingerprint density at radius 3 is 1.02 bits per heavy atom. The average molecular weight is 683 g/mol. The van der Waals surface area contributed by atoms with Crippen molar-refractivity contribution in [2.45, 2.75) is 40.5 Å². The van der Waals surface area contributed by atoms with Gasteiger partial charge in [0.25, 0.3) is 0 Å². The molecule has 49 heavy (non-hydrogen) atoms. The lowest BCUT2D eigenvalue weighted by Gasteiger charge is -2.30. The molecule has 0 atom stereocenters. The van der Waals surface area contributed by atoms with Crippen LogP contribution in [0, 0.1) is 26.2 Å². The average Bonchev–Trinajstić information content (AvgIpc) is 3.09. The minimum absolute atomic E-state index is 0.0792. The van der Waals surface area contributed by atoms with Crippen LogP contribution in [0.1, 0.15) is 67.5 Å². The fourth-order valence-electron chi connectivity index (χ4n) is 4.34. The summed E-state index contributed by atoms with van der Waals surface area (Å²) in [6, 6.07) is 19.2. The summed E-state index contributed by atoms with van der Waals surface area (Å²) in [5.41, 5.74) is 0.615. The normalized spacial score (nSPS) is 10.5. The number of ether oxygens (including phenoxy) is 3. The summed E-state index contributed by atoms with van der Waals surface area (Å²) in [4.78, 5) is 101. The molecule has 0 saturated carbocycles. The molecule has 0 fully saturated rings. The van der Waals surface area contributed by atoms with Crippen molar-refractivity contribution in [1.29, 1.82) is 0 Å². The van der Waals surface area contributed by atoms with Crippen molar-refractivity contribution in [2.75, 3.05) is 19.8 Å². The molecule has 0 bridgehead atoms. The Bertz CT molecular complexity index is 1460. The van der Waals surface area contributed by atoms with Gasteiger partial charge in [0.15, 0.2) is 0 Å². The van der Waals surface area contributed by atoms with Gasteiger partial charge in [-0.25, -0.2) is 43.7 Å². The quantitative estimate of drug-likeness (QED) is 0.0926. The zero-order valence-corrected chi connectivity index (χ0v) is 27.1. The molecular formula is C34H34O15. The SMILES string of the molecule is CCCC(COC(=O)OOC(=O)c1ccccc1C)(COC(=O)OOC(=O)c1ccccc1C)COC(=O)OOC(=O)c1ccccc1C. The predicted octanol–water partition coefficient (Wildman–Crippen LogP) is 6.47. The Kier molecular flexibility index (Phi) is 13.9. The minimum atomic E-state index is -1.49. The van der Waals surface area contributed by atoms with Gasteiger partial charge < -0.3 is 14.2 Å². The molecule has 0 N–H and O–H groups in total. The Hall–Kier alpha value is -6.12. The number of rotatable bonds is 11. The van der Waals surface area contributed by atoms with E-state index in [1.165, 1.54) is 18.2 Å². The van der Waals surface area contributed by atoms with Gasteiger partial charge in [0.1, 0.15) is 19.8 Å². The molecule has 0 radical (unpaired) electrons. The topological polar surface area (TPSA) is 185 Å². The standard InChI is InChI=1S/C34H34O15/c1-5-18-34(19-41-31(38)47-44-28(35)25-15-9-6-12-22(25)2,20-42-32(39)48-45-29(36)26-16-10-7-13-23(26)3)21-43-33(40)49-46-30(37)27-17-11-8-14-24(27)4/h6-17H,5,18-21H2,1-4H3. The van der Waals surface area contributed by atoms with Crippen LogP contribution in [-0.4, -0.2) is 56.2 Å². The summed E-state index contributed by atoms with van der Waals surface area (Å²) < 4.78 is 15.3. The van der Waals surface area contributed by atoms with Gasteiger partial charge >= 0.3 is 36.4 Å². The van der Waals surface area contributed by atoms with Crippen molar-refractivity contribution in [3.63, 3.8) is 0 Å². The van der Waals surface area contributed by atoms with E-state index < -0.39 is 61.6 Å². The van der Waals surface area contributed by atoms with Crippen LogP contribution in [0.3, 0.4) is 0 Å². The lowest BCUT2D eigenvalue weighted by atomic mass is 9.86. The van der Waals surface area contributed by atoms with Crippen LogP contribution >= 0.6 is 0 Å². The van der Waals surface area contributed by atoms with Gasteiger partial charge in [-0.2, -0.15) is 14.4 Å². The number of carbonyl (C=O) groups is 6. The molecule has 0 saturated heterocycles. The van der Waals surface area contributed by atoms with E-state index in [1.807, 2.05) is 0 Å². The fraction of sp³-hybridized carbons (Fsp3) is 0.294. The highest BCUT2D eigenvalue weighted by molar-refractivity contribution is 5.92. The summed E-state index contributed by atoms with van der Waals surface area (Å²) in [6.45, 7) is 4.78. The maximum absolute atomic E-state index is 12.4. The zero-order valence-electron chi connectivity index (χ0n) is 27.1. The van der Waals surface area contributed by atoms with E-state index in [1.54, 1.807) is 82.3 Å². The molecule has 3 aromatic carbocycles. The lowest BCUT2D eigenvalue weighted by Crippen LogP contribution is -2.40. The second-order valence-corrected chi connectivity index (χ2v) is 10.7. The summed E-state index contributed by atoms with van der Waals surface area (Å²) in [6.07, 6.45) is -3.91. The van der Waals surface area contributed by atoms with Gasteiger partial charge in [-0.1, -0.05) is 67.9 Å². The molecule has 3 aromatic rings. The molecule has 0 unspecified atom stereocenters. The third-order valence-electron chi connectivity index (χ3n) is 6.92. The molecule has 0 amide bonds. The van der Waals surface area contributed by atoms with Gasteiger partial charge in [0.05, 0.1) is 22.1 Å². The van der Waals surface area contributed by atoms with E-state index in [9.17, 15) is 28.8 Å². The van der Waals surface area contributed by atoms with Crippen LogP contribution in [0.5, 0.6) is 0 Å². The predicted molar refractivity (Wildman–Crippen MR) is 164 cm³/mol. The molecule has 15 heteroatoms. The molecule has 0 aromatic heterocycles. The highest BCUT2D eigenvalue weighted by atomic mass is 17.2. The summed E-state index contributed by atoms with van der Waals surface area (Å²) in [5, 5.41) is 0. The number of hydrogen-bond donors (Lipinski definition) is 0. The van der Waals surface area contributed by atoms with Gasteiger partial charge in [0, 0.05) is 0 Å². The molecule has 0 aliphatic carbocycles. The number of hydrogen-bond acceptors (Lipinski definition) is 15. The Morgan fingerprint density at radius 2 is 0.755 bits per heavy atom. The van der Waals surface area contributed by atoms with Crippen molar-refractivity contribution in [3.8, 4) is 0 Å².